The van der Waals surface area contributed by atoms with E-state index in [2.05, 4.69) is 68.8 Å². The number of aryl methyl sites for hydroxylation is 1. The third kappa shape index (κ3) is 3.05. The molecule has 1 aliphatic heterocycles. The van der Waals surface area contributed by atoms with Crippen molar-refractivity contribution in [1.82, 2.24) is 4.98 Å². The van der Waals surface area contributed by atoms with Crippen LogP contribution in [0, 0.1) is 13.8 Å². The highest BCUT2D eigenvalue weighted by atomic mass is 79.9. The van der Waals surface area contributed by atoms with Gasteiger partial charge in [0.2, 0.25) is 0 Å². The Morgan fingerprint density at radius 1 is 1.00 bits per heavy atom. The van der Waals surface area contributed by atoms with Gasteiger partial charge in [-0.3, -0.25) is 4.98 Å². The van der Waals surface area contributed by atoms with Crippen LogP contribution in [0.4, 0.5) is 11.4 Å². The maximum atomic E-state index is 4.26. The summed E-state index contributed by atoms with van der Waals surface area (Å²) in [5.41, 5.74) is 5.34. The van der Waals surface area contributed by atoms with E-state index in [1.165, 1.54) is 22.5 Å². The predicted octanol–water partition coefficient (Wildman–Crippen LogP) is 3.79. The SMILES string of the molecule is Cc1cccc(N2CCN(c3cncc(Br)c3)CC2)c1C. The summed E-state index contributed by atoms with van der Waals surface area (Å²) in [5.74, 6) is 0. The van der Waals surface area contributed by atoms with E-state index in [0.717, 1.165) is 30.7 Å². The van der Waals surface area contributed by atoms with E-state index >= 15 is 0 Å². The summed E-state index contributed by atoms with van der Waals surface area (Å²) in [6.07, 6.45) is 3.77. The zero-order chi connectivity index (χ0) is 14.8. The van der Waals surface area contributed by atoms with E-state index in [0.29, 0.717) is 0 Å². The third-order valence-corrected chi connectivity index (χ3v) is 4.69. The zero-order valence-electron chi connectivity index (χ0n) is 12.5. The van der Waals surface area contributed by atoms with E-state index in [1.807, 2.05) is 12.4 Å². The first kappa shape index (κ1) is 14.4. The summed E-state index contributed by atoms with van der Waals surface area (Å²) >= 11 is 3.50. The molecule has 2 heterocycles. The number of halogens is 1. The van der Waals surface area contributed by atoms with Crippen LogP contribution in [-0.4, -0.2) is 31.2 Å². The number of hydrogen-bond acceptors (Lipinski definition) is 3. The molecule has 0 saturated carbocycles. The van der Waals surface area contributed by atoms with Gasteiger partial charge in [0.15, 0.2) is 0 Å². The molecule has 0 radical (unpaired) electrons. The lowest BCUT2D eigenvalue weighted by molar-refractivity contribution is 0.651. The molecule has 0 N–H and O–H groups in total. The Morgan fingerprint density at radius 3 is 2.43 bits per heavy atom. The van der Waals surface area contributed by atoms with Crippen LogP contribution in [0.15, 0.2) is 41.1 Å². The fraction of sp³-hybridized carbons (Fsp3) is 0.353. The largest absolute Gasteiger partial charge is 0.368 e. The maximum Gasteiger partial charge on any atom is 0.0565 e. The van der Waals surface area contributed by atoms with Crippen molar-refractivity contribution < 1.29 is 0 Å². The summed E-state index contributed by atoms with van der Waals surface area (Å²) in [6, 6.07) is 8.71. The molecule has 0 unspecified atom stereocenters. The second kappa shape index (κ2) is 6.06. The van der Waals surface area contributed by atoms with Gasteiger partial charge in [0.05, 0.1) is 11.9 Å². The average molecular weight is 346 g/mol. The molecule has 1 saturated heterocycles. The molecule has 1 aromatic heterocycles. The first-order chi connectivity index (χ1) is 10.1. The van der Waals surface area contributed by atoms with Crippen molar-refractivity contribution in [2.24, 2.45) is 0 Å². The van der Waals surface area contributed by atoms with Crippen LogP contribution < -0.4 is 9.80 Å². The Hall–Kier alpha value is -1.55. The van der Waals surface area contributed by atoms with Crippen molar-refractivity contribution in [3.63, 3.8) is 0 Å². The highest BCUT2D eigenvalue weighted by Crippen LogP contribution is 2.25. The summed E-state index contributed by atoms with van der Waals surface area (Å²) in [7, 11) is 0. The van der Waals surface area contributed by atoms with Crippen LogP contribution in [0.5, 0.6) is 0 Å². The smallest absolute Gasteiger partial charge is 0.0565 e. The van der Waals surface area contributed by atoms with Crippen molar-refractivity contribution >= 4 is 27.3 Å². The minimum absolute atomic E-state index is 1.03. The summed E-state index contributed by atoms with van der Waals surface area (Å²) in [6.45, 7) is 8.57. The lowest BCUT2D eigenvalue weighted by Crippen LogP contribution is -2.46. The van der Waals surface area contributed by atoms with Gasteiger partial charge < -0.3 is 9.80 Å². The highest BCUT2D eigenvalue weighted by Gasteiger charge is 2.19. The van der Waals surface area contributed by atoms with Crippen molar-refractivity contribution in [3.8, 4) is 0 Å². The molecule has 3 nitrogen and oxygen atoms in total. The standard InChI is InChI=1S/C17H20BrN3/c1-13-4-3-5-17(14(13)2)21-8-6-20(7-9-21)16-10-15(18)11-19-12-16/h3-5,10-12H,6-9H2,1-2H3. The van der Waals surface area contributed by atoms with Crippen LogP contribution in [0.25, 0.3) is 0 Å². The monoisotopic (exact) mass is 345 g/mol. The topological polar surface area (TPSA) is 19.4 Å². The predicted molar refractivity (Wildman–Crippen MR) is 92.3 cm³/mol. The molecule has 1 fully saturated rings. The summed E-state index contributed by atoms with van der Waals surface area (Å²) in [5, 5.41) is 0. The van der Waals surface area contributed by atoms with Gasteiger partial charge in [0.1, 0.15) is 0 Å². The van der Waals surface area contributed by atoms with E-state index in [9.17, 15) is 0 Å². The summed E-state index contributed by atoms with van der Waals surface area (Å²) in [4.78, 5) is 9.15. The van der Waals surface area contributed by atoms with E-state index < -0.39 is 0 Å². The van der Waals surface area contributed by atoms with Crippen LogP contribution in [0.3, 0.4) is 0 Å². The van der Waals surface area contributed by atoms with Gasteiger partial charge in [-0.05, 0) is 53.0 Å². The second-order valence-corrected chi connectivity index (χ2v) is 6.47. The number of pyridine rings is 1. The van der Waals surface area contributed by atoms with Crippen molar-refractivity contribution in [2.75, 3.05) is 36.0 Å². The first-order valence-electron chi connectivity index (χ1n) is 7.32. The number of nitrogens with zero attached hydrogens (tertiary/aromatic N) is 3. The van der Waals surface area contributed by atoms with Crippen molar-refractivity contribution in [2.45, 2.75) is 13.8 Å². The second-order valence-electron chi connectivity index (χ2n) is 5.55. The fourth-order valence-corrected chi connectivity index (χ4v) is 3.21. The van der Waals surface area contributed by atoms with E-state index in [4.69, 9.17) is 0 Å². The van der Waals surface area contributed by atoms with Crippen molar-refractivity contribution in [3.05, 3.63) is 52.3 Å². The molecule has 0 aliphatic carbocycles. The fourth-order valence-electron chi connectivity index (χ4n) is 2.86. The van der Waals surface area contributed by atoms with Gasteiger partial charge in [-0.1, -0.05) is 12.1 Å². The molecule has 3 rings (SSSR count). The number of rotatable bonds is 2. The molecule has 21 heavy (non-hydrogen) atoms. The van der Waals surface area contributed by atoms with Gasteiger partial charge in [0.25, 0.3) is 0 Å². The Kier molecular flexibility index (Phi) is 4.15. The van der Waals surface area contributed by atoms with Gasteiger partial charge >= 0.3 is 0 Å². The number of anilines is 2. The van der Waals surface area contributed by atoms with Crippen LogP contribution in [0.2, 0.25) is 0 Å². The molecule has 0 atom stereocenters. The lowest BCUT2D eigenvalue weighted by atomic mass is 10.1. The Bertz CT molecular complexity index is 634. The normalized spacial score (nSPS) is 15.4. The number of piperazine rings is 1. The Balaban J connectivity index is 1.72. The number of aromatic nitrogens is 1. The van der Waals surface area contributed by atoms with Gasteiger partial charge in [0, 0.05) is 42.5 Å². The minimum atomic E-state index is 1.03. The Morgan fingerprint density at radius 2 is 1.71 bits per heavy atom. The summed E-state index contributed by atoms with van der Waals surface area (Å²) < 4.78 is 1.04. The highest BCUT2D eigenvalue weighted by molar-refractivity contribution is 9.10. The molecular formula is C17H20BrN3. The van der Waals surface area contributed by atoms with Gasteiger partial charge in [-0.15, -0.1) is 0 Å². The molecule has 110 valence electrons. The number of hydrogen-bond donors (Lipinski definition) is 0. The molecule has 0 bridgehead atoms. The third-order valence-electron chi connectivity index (χ3n) is 4.25. The number of benzene rings is 1. The molecular weight excluding hydrogens is 326 g/mol. The zero-order valence-corrected chi connectivity index (χ0v) is 14.1. The molecule has 1 aromatic carbocycles. The Labute approximate surface area is 134 Å². The van der Waals surface area contributed by atoms with Crippen LogP contribution >= 0.6 is 15.9 Å². The first-order valence-corrected chi connectivity index (χ1v) is 8.11. The lowest BCUT2D eigenvalue weighted by Gasteiger charge is -2.38. The van der Waals surface area contributed by atoms with Crippen LogP contribution in [0.1, 0.15) is 11.1 Å². The average Bonchev–Trinajstić information content (AvgIpc) is 2.50. The molecule has 0 amide bonds. The molecule has 2 aromatic rings. The molecule has 4 heteroatoms. The van der Waals surface area contributed by atoms with Gasteiger partial charge in [-0.25, -0.2) is 0 Å². The molecule has 1 aliphatic rings. The molecule has 0 spiro atoms. The minimum Gasteiger partial charge on any atom is -0.368 e. The maximum absolute atomic E-state index is 4.26. The van der Waals surface area contributed by atoms with Gasteiger partial charge in [-0.2, -0.15) is 0 Å². The quantitative estimate of drug-likeness (QED) is 0.825. The van der Waals surface area contributed by atoms with Crippen molar-refractivity contribution in [1.29, 1.82) is 0 Å². The van der Waals surface area contributed by atoms with E-state index in [1.54, 1.807) is 0 Å². The van der Waals surface area contributed by atoms with E-state index in [-0.39, 0.29) is 0 Å². The van der Waals surface area contributed by atoms with Crippen LogP contribution in [-0.2, 0) is 0 Å².